The summed E-state index contributed by atoms with van der Waals surface area (Å²) >= 11 is 1.05. The minimum Gasteiger partial charge on any atom is -0.585 e. The largest absolute Gasteiger partial charge is 0.585 e. The minimum atomic E-state index is -2.21. The highest BCUT2D eigenvalue weighted by molar-refractivity contribution is 8.49. The van der Waals surface area contributed by atoms with Crippen LogP contribution in [0.5, 0.6) is 0 Å². The van der Waals surface area contributed by atoms with Crippen molar-refractivity contribution in [3.63, 3.8) is 0 Å². The van der Waals surface area contributed by atoms with Crippen LogP contribution in [-0.2, 0) is 4.57 Å². The van der Waals surface area contributed by atoms with Crippen LogP contribution in [0.2, 0.25) is 0 Å². The van der Waals surface area contributed by atoms with E-state index in [0.717, 1.165) is 23.6 Å². The average molecular weight is 208 g/mol. The molecule has 72 valence electrons. The van der Waals surface area contributed by atoms with Crippen LogP contribution >= 0.6 is 18.6 Å². The van der Waals surface area contributed by atoms with Gasteiger partial charge in [0.1, 0.15) is 11.4 Å². The van der Waals surface area contributed by atoms with Crippen LogP contribution in [0.25, 0.3) is 0 Å². The van der Waals surface area contributed by atoms with Gasteiger partial charge in [-0.2, -0.15) is 0 Å². The molecule has 0 saturated carbocycles. The van der Waals surface area contributed by atoms with Crippen molar-refractivity contribution in [2.75, 3.05) is 5.75 Å². The number of rotatable bonds is 8. The maximum Gasteiger partial charge on any atom is 0.384 e. The highest BCUT2D eigenvalue weighted by Crippen LogP contribution is 2.29. The predicted octanol–water partition coefficient (Wildman–Crippen LogP) is 3.10. The molecule has 0 amide bonds. The van der Waals surface area contributed by atoms with E-state index in [1.165, 1.54) is 32.1 Å². The van der Waals surface area contributed by atoms with Gasteiger partial charge in [0.25, 0.3) is 0 Å². The number of hydrogen-bond donors (Lipinski definition) is 0. The molecule has 0 heterocycles. The first-order valence-corrected chi connectivity index (χ1v) is 7.31. The summed E-state index contributed by atoms with van der Waals surface area (Å²) in [5.74, 6) is 0.769. The van der Waals surface area contributed by atoms with E-state index < -0.39 is 7.23 Å². The Labute approximate surface area is 79.8 Å². The summed E-state index contributed by atoms with van der Waals surface area (Å²) in [6.07, 6.45) is 7.34. The van der Waals surface area contributed by atoms with E-state index >= 15 is 0 Å². The first-order chi connectivity index (χ1) is 5.77. The van der Waals surface area contributed by atoms with E-state index in [0.29, 0.717) is 0 Å². The van der Waals surface area contributed by atoms with Gasteiger partial charge in [0.15, 0.2) is 0 Å². The molecule has 0 aliphatic heterocycles. The topological polar surface area (TPSA) is 40.1 Å². The fraction of sp³-hybridized carbons (Fsp3) is 1.00. The van der Waals surface area contributed by atoms with Gasteiger partial charge >= 0.3 is 7.23 Å². The summed E-state index contributed by atoms with van der Waals surface area (Å²) < 4.78 is 10.1. The smallest absolute Gasteiger partial charge is 0.384 e. The lowest BCUT2D eigenvalue weighted by atomic mass is 10.1. The predicted molar refractivity (Wildman–Crippen MR) is 53.4 cm³/mol. The van der Waals surface area contributed by atoms with E-state index in [4.69, 9.17) is 0 Å². The van der Waals surface area contributed by atoms with E-state index in [-0.39, 0.29) is 0 Å². The van der Waals surface area contributed by atoms with E-state index in [2.05, 4.69) is 6.92 Å². The van der Waals surface area contributed by atoms with Crippen LogP contribution in [-0.4, -0.2) is 5.75 Å². The molecule has 1 atom stereocenters. The first kappa shape index (κ1) is 12.4. The molecule has 0 aromatic heterocycles. The molecule has 12 heavy (non-hydrogen) atoms. The molecule has 0 saturated heterocycles. The van der Waals surface area contributed by atoms with Crippen molar-refractivity contribution in [1.82, 2.24) is 0 Å². The molecule has 0 spiro atoms. The third-order valence-corrected chi connectivity index (χ3v) is 3.56. The Morgan fingerprint density at radius 3 is 2.33 bits per heavy atom. The Morgan fingerprint density at radius 2 is 1.75 bits per heavy atom. The molecular formula is C8H17O2PS. The molecule has 2 nitrogen and oxygen atoms in total. The zero-order chi connectivity index (χ0) is 9.23. The van der Waals surface area contributed by atoms with Crippen LogP contribution in [0, 0.1) is 0 Å². The lowest BCUT2D eigenvalue weighted by molar-refractivity contribution is -0.157. The summed E-state index contributed by atoms with van der Waals surface area (Å²) in [6.45, 7) is 2.19. The van der Waals surface area contributed by atoms with Crippen molar-refractivity contribution >= 4 is 18.6 Å². The maximum atomic E-state index is 10.1. The van der Waals surface area contributed by atoms with Gasteiger partial charge in [-0.25, -0.2) is 0 Å². The van der Waals surface area contributed by atoms with Gasteiger partial charge in [-0.05, 0) is 6.42 Å². The van der Waals surface area contributed by atoms with E-state index in [1.807, 2.05) is 0 Å². The molecule has 0 aromatic carbocycles. The zero-order valence-corrected chi connectivity index (χ0v) is 9.33. The molecule has 4 heteroatoms. The van der Waals surface area contributed by atoms with E-state index in [1.54, 1.807) is 0 Å². The highest BCUT2D eigenvalue weighted by Gasteiger charge is 2.00. The Bertz CT molecular complexity index is 120. The van der Waals surface area contributed by atoms with Crippen molar-refractivity contribution in [2.24, 2.45) is 0 Å². The molecular weight excluding hydrogens is 191 g/mol. The second-order valence-electron chi connectivity index (χ2n) is 2.82. The third kappa shape index (κ3) is 10.4. The summed E-state index contributed by atoms with van der Waals surface area (Å²) in [7, 11) is -2.21. The first-order valence-electron chi connectivity index (χ1n) is 4.54. The third-order valence-electron chi connectivity index (χ3n) is 1.69. The fourth-order valence-electron chi connectivity index (χ4n) is 1.02. The Morgan fingerprint density at radius 1 is 1.17 bits per heavy atom. The van der Waals surface area contributed by atoms with Gasteiger partial charge in [0, 0.05) is 5.75 Å². The van der Waals surface area contributed by atoms with Gasteiger partial charge in [-0.15, -0.1) is 0 Å². The Balaban J connectivity index is 2.86. The van der Waals surface area contributed by atoms with Gasteiger partial charge < -0.3 is 4.89 Å². The van der Waals surface area contributed by atoms with Crippen LogP contribution in [0.4, 0.5) is 0 Å². The molecule has 0 aliphatic rings. The molecule has 0 aromatic rings. The summed E-state index contributed by atoms with van der Waals surface area (Å²) in [6, 6.07) is 0. The molecule has 0 aliphatic carbocycles. The quantitative estimate of drug-likeness (QED) is 0.454. The number of hydrogen-bond acceptors (Lipinski definition) is 3. The molecule has 0 fully saturated rings. The maximum absolute atomic E-state index is 10.1. The molecule has 0 N–H and O–H groups in total. The van der Waals surface area contributed by atoms with Crippen molar-refractivity contribution in [2.45, 2.75) is 45.4 Å². The second kappa shape index (κ2) is 9.50. The summed E-state index contributed by atoms with van der Waals surface area (Å²) in [5.41, 5.74) is 0. The lowest BCUT2D eigenvalue weighted by Crippen LogP contribution is -1.84. The van der Waals surface area contributed by atoms with Crippen LogP contribution in [0.3, 0.4) is 0 Å². The van der Waals surface area contributed by atoms with Gasteiger partial charge in [0.05, 0.1) is 0 Å². The normalized spacial score (nSPS) is 11.7. The van der Waals surface area contributed by atoms with Gasteiger partial charge in [-0.1, -0.05) is 43.6 Å². The van der Waals surface area contributed by atoms with Crippen LogP contribution in [0.15, 0.2) is 0 Å². The van der Waals surface area contributed by atoms with E-state index in [9.17, 15) is 9.46 Å². The highest BCUT2D eigenvalue weighted by atomic mass is 32.7. The number of unbranched alkanes of at least 4 members (excludes halogenated alkanes) is 5. The Hall–Kier alpha value is 0.410. The minimum absolute atomic E-state index is 0.769. The average Bonchev–Trinajstić information content (AvgIpc) is 2.02. The molecule has 0 radical (unpaired) electrons. The van der Waals surface area contributed by atoms with Gasteiger partial charge in [0.2, 0.25) is 0 Å². The summed E-state index contributed by atoms with van der Waals surface area (Å²) in [4.78, 5) is 10.1. The van der Waals surface area contributed by atoms with Crippen LogP contribution < -0.4 is 4.89 Å². The van der Waals surface area contributed by atoms with Crippen LogP contribution in [0.1, 0.15) is 45.4 Å². The monoisotopic (exact) mass is 208 g/mol. The van der Waals surface area contributed by atoms with Gasteiger partial charge in [-0.3, -0.25) is 0 Å². The molecule has 0 rings (SSSR count). The van der Waals surface area contributed by atoms with Crippen molar-refractivity contribution < 1.29 is 9.46 Å². The van der Waals surface area contributed by atoms with Crippen molar-refractivity contribution in [3.05, 3.63) is 0 Å². The lowest BCUT2D eigenvalue weighted by Gasteiger charge is -1.96. The SMILES string of the molecule is CCCCCCCCS[P+](=O)[O-]. The molecule has 1 unspecified atom stereocenters. The van der Waals surface area contributed by atoms with Crippen molar-refractivity contribution in [1.29, 1.82) is 0 Å². The standard InChI is InChI=1S/C8H17O2PS/c1-2-3-4-5-6-7-8-12-11(9)10/h2-8H2,1H3. The fourth-order valence-corrected chi connectivity index (χ4v) is 2.34. The summed E-state index contributed by atoms with van der Waals surface area (Å²) in [5, 5.41) is 0. The van der Waals surface area contributed by atoms with Crippen molar-refractivity contribution in [3.8, 4) is 0 Å². The Kier molecular flexibility index (Phi) is 9.82. The molecule has 0 bridgehead atoms. The second-order valence-corrected chi connectivity index (χ2v) is 5.61. The zero-order valence-electron chi connectivity index (χ0n) is 7.62.